The molecule has 3 heteroatoms. The molecule has 0 aromatic heterocycles. The van der Waals surface area contributed by atoms with Crippen LogP contribution in [-0.4, -0.2) is 50.8 Å². The highest BCUT2D eigenvalue weighted by Crippen LogP contribution is 2.40. The Kier molecular flexibility index (Phi) is 2.94. The van der Waals surface area contributed by atoms with Gasteiger partial charge < -0.3 is 10.1 Å². The van der Waals surface area contributed by atoms with Crippen LogP contribution < -0.4 is 5.32 Å². The Morgan fingerprint density at radius 3 is 2.94 bits per heavy atom. The van der Waals surface area contributed by atoms with Crippen molar-refractivity contribution in [1.82, 2.24) is 10.2 Å². The van der Waals surface area contributed by atoms with E-state index in [-0.39, 0.29) is 0 Å². The minimum Gasteiger partial charge on any atom is -0.381 e. The number of likely N-dealkylation sites (tertiary alicyclic amines) is 1. The molecule has 16 heavy (non-hydrogen) atoms. The number of hydrogen-bond donors (Lipinski definition) is 1. The summed E-state index contributed by atoms with van der Waals surface area (Å²) in [4.78, 5) is 2.75. The van der Waals surface area contributed by atoms with Gasteiger partial charge in [0.1, 0.15) is 0 Å². The fourth-order valence-corrected chi connectivity index (χ4v) is 4.00. The molecule has 2 saturated heterocycles. The monoisotopic (exact) mass is 224 g/mol. The second kappa shape index (κ2) is 4.28. The van der Waals surface area contributed by atoms with E-state index < -0.39 is 0 Å². The van der Waals surface area contributed by atoms with Crippen LogP contribution in [-0.2, 0) is 4.74 Å². The highest BCUT2D eigenvalue weighted by Gasteiger charge is 2.43. The highest BCUT2D eigenvalue weighted by atomic mass is 16.5. The first-order chi connectivity index (χ1) is 7.81. The largest absolute Gasteiger partial charge is 0.381 e. The van der Waals surface area contributed by atoms with Crippen molar-refractivity contribution in [3.63, 3.8) is 0 Å². The summed E-state index contributed by atoms with van der Waals surface area (Å²) in [7, 11) is 2.07. The smallest absolute Gasteiger partial charge is 0.0547 e. The molecule has 0 spiro atoms. The Hall–Kier alpha value is -0.120. The summed E-state index contributed by atoms with van der Waals surface area (Å²) in [6.07, 6.45) is 5.63. The van der Waals surface area contributed by atoms with Gasteiger partial charge >= 0.3 is 0 Å². The molecule has 1 N–H and O–H groups in total. The van der Waals surface area contributed by atoms with Crippen LogP contribution in [0.4, 0.5) is 0 Å². The molecule has 0 aromatic carbocycles. The van der Waals surface area contributed by atoms with Gasteiger partial charge in [-0.2, -0.15) is 0 Å². The van der Waals surface area contributed by atoms with Crippen molar-refractivity contribution >= 4 is 0 Å². The van der Waals surface area contributed by atoms with Gasteiger partial charge in [0.25, 0.3) is 0 Å². The van der Waals surface area contributed by atoms with E-state index in [1.54, 1.807) is 0 Å². The summed E-state index contributed by atoms with van der Waals surface area (Å²) in [6, 6.07) is 0.902. The van der Waals surface area contributed by atoms with Crippen molar-refractivity contribution in [1.29, 1.82) is 0 Å². The van der Waals surface area contributed by atoms with Gasteiger partial charge in [0, 0.05) is 37.7 Å². The zero-order valence-electron chi connectivity index (χ0n) is 10.4. The quantitative estimate of drug-likeness (QED) is 0.774. The van der Waals surface area contributed by atoms with Crippen LogP contribution >= 0.6 is 0 Å². The van der Waals surface area contributed by atoms with Crippen LogP contribution in [0.25, 0.3) is 0 Å². The Morgan fingerprint density at radius 1 is 1.44 bits per heavy atom. The van der Waals surface area contributed by atoms with Crippen LogP contribution in [0.15, 0.2) is 0 Å². The third-order valence-electron chi connectivity index (χ3n) is 4.80. The summed E-state index contributed by atoms with van der Waals surface area (Å²) >= 11 is 0. The van der Waals surface area contributed by atoms with Crippen LogP contribution in [0.2, 0.25) is 0 Å². The molecule has 3 atom stereocenters. The first-order valence-electron chi connectivity index (χ1n) is 6.78. The number of rotatable bonds is 4. The van der Waals surface area contributed by atoms with Crippen molar-refractivity contribution < 1.29 is 4.74 Å². The van der Waals surface area contributed by atoms with E-state index in [1.807, 2.05) is 0 Å². The Balaban J connectivity index is 1.63. The molecular formula is C13H24N2O. The van der Waals surface area contributed by atoms with Crippen molar-refractivity contribution in [2.45, 2.75) is 31.7 Å². The molecular weight excluding hydrogens is 200 g/mol. The van der Waals surface area contributed by atoms with E-state index in [0.717, 1.165) is 31.7 Å². The highest BCUT2D eigenvalue weighted by molar-refractivity contribution is 4.97. The van der Waals surface area contributed by atoms with Crippen LogP contribution in [0.5, 0.6) is 0 Å². The summed E-state index contributed by atoms with van der Waals surface area (Å²) < 4.78 is 5.64. The third kappa shape index (κ3) is 1.89. The number of piperidine rings is 1. The van der Waals surface area contributed by atoms with Crippen molar-refractivity contribution in [3.05, 3.63) is 0 Å². The number of nitrogens with one attached hydrogen (secondary N) is 1. The maximum Gasteiger partial charge on any atom is 0.0547 e. The predicted molar refractivity (Wildman–Crippen MR) is 64.5 cm³/mol. The maximum atomic E-state index is 5.64. The van der Waals surface area contributed by atoms with Crippen molar-refractivity contribution in [2.75, 3.05) is 39.9 Å². The molecule has 2 heterocycles. The van der Waals surface area contributed by atoms with E-state index in [0.29, 0.717) is 5.41 Å². The summed E-state index contributed by atoms with van der Waals surface area (Å²) in [5, 5.41) is 3.36. The molecule has 92 valence electrons. The molecule has 3 unspecified atom stereocenters. The van der Waals surface area contributed by atoms with Crippen LogP contribution in [0, 0.1) is 11.3 Å². The average Bonchev–Trinajstić information content (AvgIpc) is 2.94. The standard InChI is InChI=1S/C13H24N2O/c1-14-8-13(4-5-16-10-13)9-15-7-11-2-3-12(15)6-11/h11-12,14H,2-10H2,1H3. The van der Waals surface area contributed by atoms with Crippen LogP contribution in [0.3, 0.4) is 0 Å². The average molecular weight is 224 g/mol. The number of ether oxygens (including phenoxy) is 1. The molecule has 3 fully saturated rings. The fourth-order valence-electron chi connectivity index (χ4n) is 4.00. The maximum absolute atomic E-state index is 5.64. The molecule has 3 nitrogen and oxygen atoms in total. The lowest BCUT2D eigenvalue weighted by Crippen LogP contribution is -2.46. The van der Waals surface area contributed by atoms with Gasteiger partial charge in [0.15, 0.2) is 0 Å². The summed E-state index contributed by atoms with van der Waals surface area (Å²) in [6.45, 7) is 5.65. The van der Waals surface area contributed by atoms with E-state index >= 15 is 0 Å². The SMILES string of the molecule is CNCC1(CN2CC3CCC2C3)CCOC1. The van der Waals surface area contributed by atoms with Crippen LogP contribution in [0.1, 0.15) is 25.7 Å². The van der Waals surface area contributed by atoms with E-state index in [2.05, 4.69) is 17.3 Å². The molecule has 0 aromatic rings. The van der Waals surface area contributed by atoms with Crippen molar-refractivity contribution in [3.8, 4) is 0 Å². The van der Waals surface area contributed by atoms with Gasteiger partial charge in [-0.1, -0.05) is 0 Å². The van der Waals surface area contributed by atoms with E-state index in [1.165, 1.54) is 38.8 Å². The lowest BCUT2D eigenvalue weighted by molar-refractivity contribution is 0.0933. The first kappa shape index (κ1) is 11.0. The minimum absolute atomic E-state index is 0.402. The normalized spacial score (nSPS) is 43.3. The molecule has 1 aliphatic carbocycles. The molecule has 0 radical (unpaired) electrons. The Bertz CT molecular complexity index is 250. The number of nitrogens with zero attached hydrogens (tertiary/aromatic N) is 1. The zero-order valence-corrected chi connectivity index (χ0v) is 10.4. The predicted octanol–water partition coefficient (Wildman–Crippen LogP) is 1.10. The second-order valence-corrected chi connectivity index (χ2v) is 6.10. The Morgan fingerprint density at radius 2 is 2.38 bits per heavy atom. The summed E-state index contributed by atoms with van der Waals surface area (Å²) in [5.41, 5.74) is 0.402. The Labute approximate surface area is 98.5 Å². The lowest BCUT2D eigenvalue weighted by Gasteiger charge is -2.36. The topological polar surface area (TPSA) is 24.5 Å². The van der Waals surface area contributed by atoms with Gasteiger partial charge in [0.05, 0.1) is 6.61 Å². The second-order valence-electron chi connectivity index (χ2n) is 6.10. The molecule has 2 aliphatic heterocycles. The zero-order chi connectivity index (χ0) is 11.0. The van der Waals surface area contributed by atoms with E-state index in [9.17, 15) is 0 Å². The van der Waals surface area contributed by atoms with Gasteiger partial charge in [-0.15, -0.1) is 0 Å². The fraction of sp³-hybridized carbons (Fsp3) is 1.00. The minimum atomic E-state index is 0.402. The van der Waals surface area contributed by atoms with Gasteiger partial charge in [-0.25, -0.2) is 0 Å². The molecule has 3 rings (SSSR count). The van der Waals surface area contributed by atoms with Crippen molar-refractivity contribution in [2.24, 2.45) is 11.3 Å². The number of fused-ring (bicyclic) bond motifs is 2. The molecule has 3 aliphatic rings. The number of hydrogen-bond acceptors (Lipinski definition) is 3. The molecule has 2 bridgehead atoms. The van der Waals surface area contributed by atoms with Gasteiger partial charge in [0.2, 0.25) is 0 Å². The summed E-state index contributed by atoms with van der Waals surface area (Å²) in [5.74, 6) is 1.01. The van der Waals surface area contributed by atoms with E-state index in [4.69, 9.17) is 4.74 Å². The van der Waals surface area contributed by atoms with Gasteiger partial charge in [-0.05, 0) is 38.6 Å². The molecule has 1 saturated carbocycles. The third-order valence-corrected chi connectivity index (χ3v) is 4.80. The van der Waals surface area contributed by atoms with Gasteiger partial charge in [-0.3, -0.25) is 4.90 Å². The lowest BCUT2D eigenvalue weighted by atomic mass is 9.86. The molecule has 0 amide bonds. The first-order valence-corrected chi connectivity index (χ1v) is 6.78.